The van der Waals surface area contributed by atoms with Crippen molar-refractivity contribution < 1.29 is 13.9 Å². The molecule has 0 aliphatic carbocycles. The Morgan fingerprint density at radius 3 is 2.60 bits per heavy atom. The first-order valence-electron chi connectivity index (χ1n) is 9.80. The Labute approximate surface area is 175 Å². The summed E-state index contributed by atoms with van der Waals surface area (Å²) in [6.07, 6.45) is 3.97. The largest absolute Gasteiger partial charge is 0.493 e. The lowest BCUT2D eigenvalue weighted by atomic mass is 10.2. The predicted octanol–water partition coefficient (Wildman–Crippen LogP) is 5.84. The normalized spacial score (nSPS) is 11.3. The molecule has 0 aliphatic heterocycles. The van der Waals surface area contributed by atoms with E-state index in [9.17, 15) is 4.39 Å². The van der Waals surface area contributed by atoms with Crippen LogP contribution >= 0.6 is 0 Å². The lowest BCUT2D eigenvalue weighted by Gasteiger charge is -2.13. The van der Waals surface area contributed by atoms with Gasteiger partial charge in [0.05, 0.1) is 24.7 Å². The van der Waals surface area contributed by atoms with Gasteiger partial charge in [-0.25, -0.2) is 9.37 Å². The van der Waals surface area contributed by atoms with Gasteiger partial charge < -0.3 is 14.0 Å². The fourth-order valence-electron chi connectivity index (χ4n) is 3.45. The first-order chi connectivity index (χ1) is 14.7. The van der Waals surface area contributed by atoms with Crippen LogP contribution in [-0.2, 0) is 13.2 Å². The van der Waals surface area contributed by atoms with Crippen LogP contribution in [0.5, 0.6) is 11.5 Å². The van der Waals surface area contributed by atoms with E-state index in [1.54, 1.807) is 19.2 Å². The zero-order valence-corrected chi connectivity index (χ0v) is 17.0. The third-order valence-corrected chi connectivity index (χ3v) is 4.92. The van der Waals surface area contributed by atoms with E-state index in [2.05, 4.69) is 0 Å². The highest BCUT2D eigenvalue weighted by molar-refractivity contribution is 5.76. The van der Waals surface area contributed by atoms with E-state index in [0.717, 1.165) is 22.4 Å². The highest BCUT2D eigenvalue weighted by Crippen LogP contribution is 2.30. The van der Waals surface area contributed by atoms with Crippen LogP contribution in [-0.4, -0.2) is 16.7 Å². The summed E-state index contributed by atoms with van der Waals surface area (Å²) in [7, 11) is 1.62. The van der Waals surface area contributed by atoms with Crippen LogP contribution in [0.25, 0.3) is 17.1 Å². The van der Waals surface area contributed by atoms with Crippen molar-refractivity contribution in [2.75, 3.05) is 7.11 Å². The Morgan fingerprint density at radius 1 is 1.00 bits per heavy atom. The minimum absolute atomic E-state index is 0.233. The topological polar surface area (TPSA) is 36.3 Å². The van der Waals surface area contributed by atoms with Gasteiger partial charge in [0.1, 0.15) is 18.2 Å². The van der Waals surface area contributed by atoms with Crippen LogP contribution in [0.2, 0.25) is 0 Å². The van der Waals surface area contributed by atoms with Gasteiger partial charge in [0, 0.05) is 5.56 Å². The number of hydrogen-bond acceptors (Lipinski definition) is 3. The summed E-state index contributed by atoms with van der Waals surface area (Å²) >= 11 is 0. The zero-order valence-electron chi connectivity index (χ0n) is 17.0. The molecule has 0 saturated carbocycles. The standard InChI is InChI=1S/C25H23FN2O2/c1-3-8-18-13-14-23(24(15-18)29-2)30-17-25-27-21-11-6-7-12-22(21)28(25)16-19-9-4-5-10-20(19)26/h3-15H,16-17H2,1-2H3/b8-3-. The summed E-state index contributed by atoms with van der Waals surface area (Å²) in [6.45, 7) is 2.59. The SMILES string of the molecule is C/C=C\c1ccc(OCc2nc3ccccc3n2Cc2ccccc2F)c(OC)c1. The number of nitrogens with zero attached hydrogens (tertiary/aromatic N) is 2. The number of aromatic nitrogens is 2. The van der Waals surface area contributed by atoms with Crippen LogP contribution in [0.15, 0.2) is 72.8 Å². The van der Waals surface area contributed by atoms with Crippen LogP contribution in [0.3, 0.4) is 0 Å². The number of halogens is 1. The first kappa shape index (κ1) is 19.7. The zero-order chi connectivity index (χ0) is 20.9. The average Bonchev–Trinajstić information content (AvgIpc) is 3.12. The van der Waals surface area contributed by atoms with Crippen LogP contribution in [0.4, 0.5) is 4.39 Å². The smallest absolute Gasteiger partial charge is 0.161 e. The Bertz CT molecular complexity index is 1200. The molecule has 0 unspecified atom stereocenters. The maximum Gasteiger partial charge on any atom is 0.161 e. The second-order valence-corrected chi connectivity index (χ2v) is 6.89. The van der Waals surface area contributed by atoms with Gasteiger partial charge in [0.15, 0.2) is 11.5 Å². The van der Waals surface area contributed by atoms with Gasteiger partial charge in [-0.3, -0.25) is 0 Å². The lowest BCUT2D eigenvalue weighted by molar-refractivity contribution is 0.272. The van der Waals surface area contributed by atoms with Crippen molar-refractivity contribution in [1.29, 1.82) is 0 Å². The number of rotatable bonds is 7. The van der Waals surface area contributed by atoms with Crippen molar-refractivity contribution in [3.8, 4) is 11.5 Å². The molecular weight excluding hydrogens is 379 g/mol. The summed E-state index contributed by atoms with van der Waals surface area (Å²) in [4.78, 5) is 4.72. The number of allylic oxidation sites excluding steroid dienone is 1. The molecule has 5 heteroatoms. The highest BCUT2D eigenvalue weighted by atomic mass is 19.1. The molecule has 4 nitrogen and oxygen atoms in total. The Morgan fingerprint density at radius 2 is 1.80 bits per heavy atom. The number of ether oxygens (including phenoxy) is 2. The van der Waals surface area contributed by atoms with Gasteiger partial charge in [0.25, 0.3) is 0 Å². The van der Waals surface area contributed by atoms with Gasteiger partial charge in [-0.05, 0) is 42.8 Å². The Balaban J connectivity index is 1.65. The molecule has 0 aliphatic rings. The molecule has 4 aromatic rings. The molecule has 4 rings (SSSR count). The molecule has 0 bridgehead atoms. The predicted molar refractivity (Wildman–Crippen MR) is 117 cm³/mol. The first-order valence-corrected chi connectivity index (χ1v) is 9.80. The molecule has 3 aromatic carbocycles. The van der Waals surface area contributed by atoms with Crippen molar-refractivity contribution in [2.45, 2.75) is 20.1 Å². The molecule has 0 fully saturated rings. The molecule has 0 saturated heterocycles. The summed E-state index contributed by atoms with van der Waals surface area (Å²) < 4.78 is 27.8. The Hall–Kier alpha value is -3.60. The van der Waals surface area contributed by atoms with Crippen molar-refractivity contribution in [3.05, 3.63) is 95.6 Å². The van der Waals surface area contributed by atoms with Crippen molar-refractivity contribution in [2.24, 2.45) is 0 Å². The van der Waals surface area contributed by atoms with Crippen molar-refractivity contribution >= 4 is 17.1 Å². The molecule has 1 heterocycles. The molecule has 1 aromatic heterocycles. The molecule has 152 valence electrons. The number of fused-ring (bicyclic) bond motifs is 1. The molecule has 30 heavy (non-hydrogen) atoms. The van der Waals surface area contributed by atoms with E-state index in [0.29, 0.717) is 23.6 Å². The minimum Gasteiger partial charge on any atom is -0.493 e. The second-order valence-electron chi connectivity index (χ2n) is 6.89. The van der Waals surface area contributed by atoms with Crippen molar-refractivity contribution in [1.82, 2.24) is 9.55 Å². The lowest BCUT2D eigenvalue weighted by Crippen LogP contribution is -2.09. The molecule has 0 spiro atoms. The van der Waals surface area contributed by atoms with Crippen molar-refractivity contribution in [3.63, 3.8) is 0 Å². The fraction of sp³-hybridized carbons (Fsp3) is 0.160. The van der Waals surface area contributed by atoms with E-state index in [1.807, 2.05) is 72.2 Å². The monoisotopic (exact) mass is 402 g/mol. The Kier molecular flexibility index (Phi) is 5.80. The van der Waals surface area contributed by atoms with Gasteiger partial charge in [-0.1, -0.05) is 48.6 Å². The fourth-order valence-corrected chi connectivity index (χ4v) is 3.45. The van der Waals surface area contributed by atoms with Gasteiger partial charge in [0.2, 0.25) is 0 Å². The van der Waals surface area contributed by atoms with Gasteiger partial charge >= 0.3 is 0 Å². The minimum atomic E-state index is -0.233. The van der Waals surface area contributed by atoms with E-state index < -0.39 is 0 Å². The second kappa shape index (κ2) is 8.82. The van der Waals surface area contributed by atoms with Gasteiger partial charge in [-0.2, -0.15) is 0 Å². The molecule has 0 amide bonds. The molecule has 0 radical (unpaired) electrons. The quantitative estimate of drug-likeness (QED) is 0.389. The van der Waals surface area contributed by atoms with Crippen LogP contribution in [0, 0.1) is 5.82 Å². The van der Waals surface area contributed by atoms with E-state index in [4.69, 9.17) is 14.5 Å². The van der Waals surface area contributed by atoms with E-state index in [1.165, 1.54) is 6.07 Å². The number of imidazole rings is 1. The van der Waals surface area contributed by atoms with Gasteiger partial charge in [-0.15, -0.1) is 0 Å². The summed E-state index contributed by atoms with van der Waals surface area (Å²) in [5, 5.41) is 0. The summed E-state index contributed by atoms with van der Waals surface area (Å²) in [6, 6.07) is 20.4. The maximum absolute atomic E-state index is 14.3. The molecule has 0 atom stereocenters. The summed E-state index contributed by atoms with van der Waals surface area (Å²) in [5.74, 6) is 1.78. The van der Waals surface area contributed by atoms with E-state index >= 15 is 0 Å². The van der Waals surface area contributed by atoms with E-state index in [-0.39, 0.29) is 12.4 Å². The molecule has 0 N–H and O–H groups in total. The number of para-hydroxylation sites is 2. The highest BCUT2D eigenvalue weighted by Gasteiger charge is 2.14. The average molecular weight is 402 g/mol. The van der Waals surface area contributed by atoms with Crippen LogP contribution < -0.4 is 9.47 Å². The summed E-state index contributed by atoms with van der Waals surface area (Å²) in [5.41, 5.74) is 3.43. The number of hydrogen-bond donors (Lipinski definition) is 0. The third kappa shape index (κ3) is 4.06. The van der Waals surface area contributed by atoms with Crippen LogP contribution in [0.1, 0.15) is 23.9 Å². The third-order valence-electron chi connectivity index (χ3n) is 4.92. The molecular formula is C25H23FN2O2. The number of methoxy groups -OCH3 is 1. The number of benzene rings is 3. The maximum atomic E-state index is 14.3.